The first-order valence-corrected chi connectivity index (χ1v) is 6.17. The van der Waals surface area contributed by atoms with Gasteiger partial charge in [-0.3, -0.25) is 9.59 Å². The third kappa shape index (κ3) is 5.68. The Balaban J connectivity index is 4.43. The lowest BCUT2D eigenvalue weighted by molar-refractivity contribution is -0.140. The predicted molar refractivity (Wildman–Crippen MR) is 66.6 cm³/mol. The molecule has 5 heteroatoms. The molecular formula is C12H24N2O3. The van der Waals surface area contributed by atoms with Crippen LogP contribution in [0.4, 0.5) is 0 Å². The number of hydrogen-bond acceptors (Lipinski definition) is 3. The summed E-state index contributed by atoms with van der Waals surface area (Å²) in [6.45, 7) is 6.65. The van der Waals surface area contributed by atoms with Crippen molar-refractivity contribution in [2.75, 3.05) is 13.1 Å². The van der Waals surface area contributed by atoms with Crippen molar-refractivity contribution in [1.29, 1.82) is 0 Å². The molecule has 0 saturated carbocycles. The molecule has 0 aromatic rings. The smallest absolute Gasteiger partial charge is 0.305 e. The van der Waals surface area contributed by atoms with Crippen LogP contribution in [0, 0.1) is 5.92 Å². The second kappa shape index (κ2) is 8.06. The number of carbonyl (C=O) groups is 2. The minimum absolute atomic E-state index is 0.00134. The van der Waals surface area contributed by atoms with Crippen LogP contribution in [-0.2, 0) is 9.59 Å². The maximum atomic E-state index is 12.0. The zero-order valence-electron chi connectivity index (χ0n) is 11.0. The lowest BCUT2D eigenvalue weighted by Crippen LogP contribution is -2.40. The number of carboxylic acids is 1. The second-order valence-corrected chi connectivity index (χ2v) is 4.34. The van der Waals surface area contributed by atoms with Crippen LogP contribution in [0.3, 0.4) is 0 Å². The van der Waals surface area contributed by atoms with Crippen LogP contribution in [0.1, 0.15) is 40.0 Å². The van der Waals surface area contributed by atoms with Gasteiger partial charge < -0.3 is 15.7 Å². The highest BCUT2D eigenvalue weighted by Crippen LogP contribution is 2.12. The predicted octanol–water partition coefficient (Wildman–Crippen LogP) is 1.07. The van der Waals surface area contributed by atoms with E-state index >= 15 is 0 Å². The average Bonchev–Trinajstić information content (AvgIpc) is 2.25. The lowest BCUT2D eigenvalue weighted by atomic mass is 10.0. The van der Waals surface area contributed by atoms with Crippen molar-refractivity contribution in [1.82, 2.24) is 4.90 Å². The van der Waals surface area contributed by atoms with Gasteiger partial charge in [-0.05, 0) is 26.3 Å². The Bertz CT molecular complexity index is 252. The maximum Gasteiger partial charge on any atom is 0.305 e. The van der Waals surface area contributed by atoms with E-state index in [2.05, 4.69) is 0 Å². The van der Waals surface area contributed by atoms with E-state index in [1.807, 2.05) is 13.8 Å². The number of amides is 1. The molecule has 0 aliphatic carbocycles. The van der Waals surface area contributed by atoms with Crippen molar-refractivity contribution < 1.29 is 14.7 Å². The van der Waals surface area contributed by atoms with Crippen molar-refractivity contribution in [3.05, 3.63) is 0 Å². The van der Waals surface area contributed by atoms with Gasteiger partial charge in [-0.25, -0.2) is 0 Å². The topological polar surface area (TPSA) is 83.6 Å². The van der Waals surface area contributed by atoms with E-state index in [1.54, 1.807) is 11.8 Å². The van der Waals surface area contributed by atoms with E-state index < -0.39 is 5.97 Å². The van der Waals surface area contributed by atoms with Gasteiger partial charge in [0.05, 0.1) is 6.42 Å². The van der Waals surface area contributed by atoms with Crippen molar-refractivity contribution in [2.45, 2.75) is 46.1 Å². The van der Waals surface area contributed by atoms with Gasteiger partial charge >= 0.3 is 5.97 Å². The molecule has 3 N–H and O–H groups in total. The molecule has 0 radical (unpaired) electrons. The van der Waals surface area contributed by atoms with Gasteiger partial charge in [0.1, 0.15) is 0 Å². The standard InChI is InChI=1S/C12H24N2O3/c1-4-10(8-13)7-11(15)14(5-2)9(3)6-12(16)17/h9-10H,4-8,13H2,1-3H3,(H,16,17). The van der Waals surface area contributed by atoms with Crippen LogP contribution < -0.4 is 5.73 Å². The summed E-state index contributed by atoms with van der Waals surface area (Å²) in [5.74, 6) is -0.693. The van der Waals surface area contributed by atoms with Gasteiger partial charge in [0.2, 0.25) is 5.91 Å². The fourth-order valence-electron chi connectivity index (χ4n) is 1.86. The van der Waals surface area contributed by atoms with Crippen molar-refractivity contribution >= 4 is 11.9 Å². The molecule has 100 valence electrons. The largest absolute Gasteiger partial charge is 0.481 e. The Morgan fingerprint density at radius 2 is 1.88 bits per heavy atom. The summed E-state index contributed by atoms with van der Waals surface area (Å²) in [6, 6.07) is -0.264. The highest BCUT2D eigenvalue weighted by molar-refractivity contribution is 5.77. The molecule has 0 spiro atoms. The monoisotopic (exact) mass is 244 g/mol. The fourth-order valence-corrected chi connectivity index (χ4v) is 1.86. The van der Waals surface area contributed by atoms with Gasteiger partial charge in [-0.2, -0.15) is 0 Å². The number of carbonyl (C=O) groups excluding carboxylic acids is 1. The molecule has 0 aliphatic rings. The normalized spacial score (nSPS) is 14.1. The molecule has 5 nitrogen and oxygen atoms in total. The average molecular weight is 244 g/mol. The van der Waals surface area contributed by atoms with Gasteiger partial charge in [0.25, 0.3) is 0 Å². The number of aliphatic carboxylic acids is 1. The minimum atomic E-state index is -0.880. The first kappa shape index (κ1) is 15.9. The van der Waals surface area contributed by atoms with Crippen LogP contribution >= 0.6 is 0 Å². The molecule has 17 heavy (non-hydrogen) atoms. The molecule has 1 amide bonds. The SMILES string of the molecule is CCC(CN)CC(=O)N(CC)C(C)CC(=O)O. The third-order valence-corrected chi connectivity index (χ3v) is 3.04. The number of carboxylic acid groups (broad SMARTS) is 1. The van der Waals surface area contributed by atoms with E-state index in [0.717, 1.165) is 6.42 Å². The van der Waals surface area contributed by atoms with Crippen LogP contribution in [0.15, 0.2) is 0 Å². The second-order valence-electron chi connectivity index (χ2n) is 4.34. The zero-order valence-corrected chi connectivity index (χ0v) is 11.0. The summed E-state index contributed by atoms with van der Waals surface area (Å²) in [5.41, 5.74) is 5.57. The van der Waals surface area contributed by atoms with Crippen LogP contribution in [0.2, 0.25) is 0 Å². The Morgan fingerprint density at radius 1 is 1.29 bits per heavy atom. The Morgan fingerprint density at radius 3 is 2.24 bits per heavy atom. The third-order valence-electron chi connectivity index (χ3n) is 3.04. The Kier molecular flexibility index (Phi) is 7.54. The van der Waals surface area contributed by atoms with E-state index in [-0.39, 0.29) is 24.3 Å². The molecule has 0 fully saturated rings. The number of hydrogen-bond donors (Lipinski definition) is 2. The molecule has 0 aliphatic heterocycles. The first-order chi connectivity index (χ1) is 7.96. The molecule has 0 saturated heterocycles. The fraction of sp³-hybridized carbons (Fsp3) is 0.833. The molecule has 0 heterocycles. The van der Waals surface area contributed by atoms with E-state index in [9.17, 15) is 9.59 Å². The number of nitrogens with two attached hydrogens (primary N) is 1. The Labute approximate surface area is 103 Å². The quantitative estimate of drug-likeness (QED) is 0.669. The summed E-state index contributed by atoms with van der Waals surface area (Å²) in [5, 5.41) is 8.73. The van der Waals surface area contributed by atoms with Crippen molar-refractivity contribution in [3.8, 4) is 0 Å². The maximum absolute atomic E-state index is 12.0. The van der Waals surface area contributed by atoms with E-state index in [0.29, 0.717) is 19.5 Å². The zero-order chi connectivity index (χ0) is 13.4. The minimum Gasteiger partial charge on any atom is -0.481 e. The number of rotatable bonds is 8. The molecule has 0 aromatic heterocycles. The molecule has 0 aromatic carbocycles. The summed E-state index contributed by atoms with van der Waals surface area (Å²) >= 11 is 0. The highest BCUT2D eigenvalue weighted by Gasteiger charge is 2.22. The van der Waals surface area contributed by atoms with Crippen LogP contribution in [-0.4, -0.2) is 41.0 Å². The lowest BCUT2D eigenvalue weighted by Gasteiger charge is -2.28. The van der Waals surface area contributed by atoms with Crippen LogP contribution in [0.5, 0.6) is 0 Å². The van der Waals surface area contributed by atoms with Gasteiger partial charge in [-0.1, -0.05) is 13.3 Å². The molecule has 2 atom stereocenters. The van der Waals surface area contributed by atoms with E-state index in [1.165, 1.54) is 0 Å². The van der Waals surface area contributed by atoms with Gasteiger partial charge in [0.15, 0.2) is 0 Å². The summed E-state index contributed by atoms with van der Waals surface area (Å²) in [6.07, 6.45) is 1.26. The van der Waals surface area contributed by atoms with Crippen molar-refractivity contribution in [3.63, 3.8) is 0 Å². The molecule has 0 rings (SSSR count). The van der Waals surface area contributed by atoms with Gasteiger partial charge in [0, 0.05) is 19.0 Å². The van der Waals surface area contributed by atoms with E-state index in [4.69, 9.17) is 10.8 Å². The summed E-state index contributed by atoms with van der Waals surface area (Å²) < 4.78 is 0. The molecular weight excluding hydrogens is 220 g/mol. The van der Waals surface area contributed by atoms with Gasteiger partial charge in [-0.15, -0.1) is 0 Å². The number of nitrogens with zero attached hydrogens (tertiary/aromatic N) is 1. The summed E-state index contributed by atoms with van der Waals surface area (Å²) in [7, 11) is 0. The molecule has 0 bridgehead atoms. The first-order valence-electron chi connectivity index (χ1n) is 6.17. The van der Waals surface area contributed by atoms with Crippen molar-refractivity contribution in [2.24, 2.45) is 11.7 Å². The summed E-state index contributed by atoms with van der Waals surface area (Å²) in [4.78, 5) is 24.2. The van der Waals surface area contributed by atoms with Crippen LogP contribution in [0.25, 0.3) is 0 Å². The molecule has 2 unspecified atom stereocenters. The highest BCUT2D eigenvalue weighted by atomic mass is 16.4. The Hall–Kier alpha value is -1.10.